The third-order valence-electron chi connectivity index (χ3n) is 4.34. The van der Waals surface area contributed by atoms with Gasteiger partial charge in [-0.3, -0.25) is 4.90 Å². The van der Waals surface area contributed by atoms with Gasteiger partial charge in [0.1, 0.15) is 0 Å². The fraction of sp³-hybridized carbons (Fsp3) is 0.867. The van der Waals surface area contributed by atoms with Gasteiger partial charge in [-0.25, -0.2) is 0 Å². The van der Waals surface area contributed by atoms with Crippen molar-refractivity contribution in [3.8, 4) is 0 Å². The van der Waals surface area contributed by atoms with E-state index in [1.165, 1.54) is 25.8 Å². The van der Waals surface area contributed by atoms with E-state index in [0.29, 0.717) is 0 Å². The Morgan fingerprint density at radius 1 is 1.35 bits per heavy atom. The molecule has 5 nitrogen and oxygen atoms in total. The first-order valence-electron chi connectivity index (χ1n) is 7.81. The molecular weight excluding hydrogens is 252 g/mol. The molecule has 1 aliphatic rings. The zero-order valence-corrected chi connectivity index (χ0v) is 13.3. The van der Waals surface area contributed by atoms with Gasteiger partial charge in [-0.2, -0.15) is 4.98 Å². The molecule has 0 N–H and O–H groups in total. The summed E-state index contributed by atoms with van der Waals surface area (Å²) in [6.45, 7) is 7.71. The van der Waals surface area contributed by atoms with Gasteiger partial charge in [0, 0.05) is 6.42 Å². The predicted molar refractivity (Wildman–Crippen MR) is 79.6 cm³/mol. The van der Waals surface area contributed by atoms with Crippen LogP contribution in [0, 0.1) is 5.92 Å². The summed E-state index contributed by atoms with van der Waals surface area (Å²) >= 11 is 0. The monoisotopic (exact) mass is 280 g/mol. The molecule has 1 saturated heterocycles. The number of hydrogen-bond acceptors (Lipinski definition) is 5. The molecule has 0 unspecified atom stereocenters. The molecule has 2 rings (SSSR count). The van der Waals surface area contributed by atoms with Crippen molar-refractivity contribution < 1.29 is 4.52 Å². The standard InChI is InChI=1S/C15H28N4O/c1-5-14-16-15(20-17-14)12(2)19-10-7-13(8-11-19)6-9-18(3)4/h12-13H,5-11H2,1-4H3/t12-/m0/s1. The second-order valence-corrected chi connectivity index (χ2v) is 6.15. The van der Waals surface area contributed by atoms with Gasteiger partial charge in [-0.1, -0.05) is 12.1 Å². The minimum Gasteiger partial charge on any atom is -0.338 e. The molecule has 114 valence electrons. The molecule has 0 bridgehead atoms. The SMILES string of the molecule is CCc1noc([C@H](C)N2CCC(CCN(C)C)CC2)n1. The summed E-state index contributed by atoms with van der Waals surface area (Å²) in [6.07, 6.45) is 4.72. The Kier molecular flexibility index (Phi) is 5.54. The molecule has 0 aliphatic carbocycles. The fourth-order valence-corrected chi connectivity index (χ4v) is 2.81. The van der Waals surface area contributed by atoms with Gasteiger partial charge >= 0.3 is 0 Å². The van der Waals surface area contributed by atoms with Crippen LogP contribution >= 0.6 is 0 Å². The Labute approximate surface area is 122 Å². The number of aryl methyl sites for hydroxylation is 1. The summed E-state index contributed by atoms with van der Waals surface area (Å²) in [5.41, 5.74) is 0. The Bertz CT molecular complexity index is 396. The predicted octanol–water partition coefficient (Wildman–Crippen LogP) is 2.36. The summed E-state index contributed by atoms with van der Waals surface area (Å²) in [4.78, 5) is 9.21. The van der Waals surface area contributed by atoms with E-state index in [0.717, 1.165) is 37.1 Å². The molecule has 0 saturated carbocycles. The van der Waals surface area contributed by atoms with Crippen LogP contribution in [-0.2, 0) is 6.42 Å². The highest BCUT2D eigenvalue weighted by Gasteiger charge is 2.26. The largest absolute Gasteiger partial charge is 0.338 e. The van der Waals surface area contributed by atoms with Crippen molar-refractivity contribution in [3.05, 3.63) is 11.7 Å². The van der Waals surface area contributed by atoms with Crippen molar-refractivity contribution in [1.29, 1.82) is 0 Å². The molecule has 1 fully saturated rings. The molecule has 20 heavy (non-hydrogen) atoms. The zero-order chi connectivity index (χ0) is 14.5. The first-order valence-corrected chi connectivity index (χ1v) is 7.81. The number of hydrogen-bond donors (Lipinski definition) is 0. The molecule has 0 spiro atoms. The maximum absolute atomic E-state index is 5.37. The highest BCUT2D eigenvalue weighted by Crippen LogP contribution is 2.27. The van der Waals surface area contributed by atoms with Crippen LogP contribution in [0.1, 0.15) is 50.9 Å². The molecule has 1 atom stereocenters. The van der Waals surface area contributed by atoms with Crippen LogP contribution in [0.25, 0.3) is 0 Å². The molecule has 0 aromatic carbocycles. The lowest BCUT2D eigenvalue weighted by Crippen LogP contribution is -2.36. The average molecular weight is 280 g/mol. The number of likely N-dealkylation sites (tertiary alicyclic amines) is 1. The molecule has 1 aliphatic heterocycles. The van der Waals surface area contributed by atoms with Crippen molar-refractivity contribution in [2.75, 3.05) is 33.7 Å². The first kappa shape index (κ1) is 15.4. The second kappa shape index (κ2) is 7.18. The number of piperidine rings is 1. The highest BCUT2D eigenvalue weighted by molar-refractivity contribution is 4.93. The molecule has 5 heteroatoms. The van der Waals surface area contributed by atoms with Gasteiger partial charge in [-0.05, 0) is 65.8 Å². The Morgan fingerprint density at radius 3 is 2.60 bits per heavy atom. The quantitative estimate of drug-likeness (QED) is 0.800. The Morgan fingerprint density at radius 2 is 2.05 bits per heavy atom. The van der Waals surface area contributed by atoms with E-state index in [1.54, 1.807) is 0 Å². The van der Waals surface area contributed by atoms with Gasteiger partial charge in [0.25, 0.3) is 0 Å². The topological polar surface area (TPSA) is 45.4 Å². The van der Waals surface area contributed by atoms with Gasteiger partial charge in [0.2, 0.25) is 5.89 Å². The van der Waals surface area contributed by atoms with Crippen LogP contribution in [0.5, 0.6) is 0 Å². The minimum atomic E-state index is 0.248. The van der Waals surface area contributed by atoms with E-state index in [2.05, 4.69) is 47.9 Å². The van der Waals surface area contributed by atoms with Gasteiger partial charge in [0.15, 0.2) is 5.82 Å². The van der Waals surface area contributed by atoms with Crippen LogP contribution in [-0.4, -0.2) is 53.7 Å². The van der Waals surface area contributed by atoms with Gasteiger partial charge in [-0.15, -0.1) is 0 Å². The lowest BCUT2D eigenvalue weighted by Gasteiger charge is -2.34. The van der Waals surface area contributed by atoms with E-state index < -0.39 is 0 Å². The third-order valence-corrected chi connectivity index (χ3v) is 4.34. The third kappa shape index (κ3) is 4.03. The maximum atomic E-state index is 5.37. The summed E-state index contributed by atoms with van der Waals surface area (Å²) in [6, 6.07) is 0.248. The van der Waals surface area contributed by atoms with Crippen molar-refractivity contribution in [3.63, 3.8) is 0 Å². The summed E-state index contributed by atoms with van der Waals surface area (Å²) < 4.78 is 5.37. The Balaban J connectivity index is 1.80. The molecule has 1 aromatic rings. The molecular formula is C15H28N4O. The molecule has 2 heterocycles. The van der Waals surface area contributed by atoms with Crippen LogP contribution in [0.4, 0.5) is 0 Å². The lowest BCUT2D eigenvalue weighted by molar-refractivity contribution is 0.114. The van der Waals surface area contributed by atoms with Crippen molar-refractivity contribution in [1.82, 2.24) is 19.9 Å². The molecule has 0 amide bonds. The van der Waals surface area contributed by atoms with Crippen LogP contribution in [0.15, 0.2) is 4.52 Å². The van der Waals surface area contributed by atoms with E-state index in [9.17, 15) is 0 Å². The van der Waals surface area contributed by atoms with Crippen LogP contribution in [0.3, 0.4) is 0 Å². The summed E-state index contributed by atoms with van der Waals surface area (Å²) in [7, 11) is 4.30. The first-order chi connectivity index (χ1) is 9.60. The molecule has 0 radical (unpaired) electrons. The van der Waals surface area contributed by atoms with Crippen LogP contribution < -0.4 is 0 Å². The van der Waals surface area contributed by atoms with Crippen molar-refractivity contribution in [2.45, 2.75) is 45.6 Å². The van der Waals surface area contributed by atoms with Gasteiger partial charge in [0.05, 0.1) is 6.04 Å². The van der Waals surface area contributed by atoms with E-state index in [1.807, 2.05) is 0 Å². The highest BCUT2D eigenvalue weighted by atomic mass is 16.5. The smallest absolute Gasteiger partial charge is 0.243 e. The summed E-state index contributed by atoms with van der Waals surface area (Å²) in [5.74, 6) is 2.45. The number of aromatic nitrogens is 2. The summed E-state index contributed by atoms with van der Waals surface area (Å²) in [5, 5.41) is 4.00. The van der Waals surface area contributed by atoms with E-state index in [-0.39, 0.29) is 6.04 Å². The second-order valence-electron chi connectivity index (χ2n) is 6.15. The average Bonchev–Trinajstić information content (AvgIpc) is 2.94. The van der Waals surface area contributed by atoms with Crippen molar-refractivity contribution >= 4 is 0 Å². The zero-order valence-electron chi connectivity index (χ0n) is 13.3. The van der Waals surface area contributed by atoms with E-state index in [4.69, 9.17) is 4.52 Å². The number of nitrogens with zero attached hydrogens (tertiary/aromatic N) is 4. The lowest BCUT2D eigenvalue weighted by atomic mass is 9.92. The van der Waals surface area contributed by atoms with E-state index >= 15 is 0 Å². The van der Waals surface area contributed by atoms with Gasteiger partial charge < -0.3 is 9.42 Å². The molecule has 1 aromatic heterocycles. The Hall–Kier alpha value is -0.940. The van der Waals surface area contributed by atoms with Crippen LogP contribution in [0.2, 0.25) is 0 Å². The normalized spacial score (nSPS) is 19.6. The number of rotatable bonds is 6. The van der Waals surface area contributed by atoms with Crippen molar-refractivity contribution in [2.24, 2.45) is 5.92 Å². The minimum absolute atomic E-state index is 0.248. The fourth-order valence-electron chi connectivity index (χ4n) is 2.81. The maximum Gasteiger partial charge on any atom is 0.243 e.